The summed E-state index contributed by atoms with van der Waals surface area (Å²) in [6.07, 6.45) is 1.77. The fraction of sp³-hybridized carbons (Fsp3) is 0.412. The van der Waals surface area contributed by atoms with Crippen LogP contribution in [-0.2, 0) is 4.74 Å². The Bertz CT molecular complexity index is 691. The van der Waals surface area contributed by atoms with Gasteiger partial charge in [0.1, 0.15) is 0 Å². The fourth-order valence-electron chi connectivity index (χ4n) is 3.19. The van der Waals surface area contributed by atoms with Gasteiger partial charge in [0.05, 0.1) is 18.7 Å². The molecule has 0 bridgehead atoms. The van der Waals surface area contributed by atoms with E-state index in [1.165, 1.54) is 0 Å². The van der Waals surface area contributed by atoms with Gasteiger partial charge in [0, 0.05) is 49.4 Å². The average Bonchev–Trinajstić information content (AvgIpc) is 2.54. The minimum atomic E-state index is 0.121. The highest BCUT2D eigenvalue weighted by atomic mass is 16.5. The molecular formula is C17H19N3O2. The Kier molecular flexibility index (Phi) is 3.52. The molecule has 1 amide bonds. The first kappa shape index (κ1) is 13.7. The van der Waals surface area contributed by atoms with E-state index in [0.717, 1.165) is 55.9 Å². The molecule has 2 aromatic rings. The number of fused-ring (bicyclic) bond motifs is 1. The van der Waals surface area contributed by atoms with Gasteiger partial charge >= 0.3 is 0 Å². The van der Waals surface area contributed by atoms with Gasteiger partial charge in [-0.15, -0.1) is 0 Å². The lowest BCUT2D eigenvalue weighted by Gasteiger charge is -2.46. The largest absolute Gasteiger partial charge is 0.379 e. The van der Waals surface area contributed by atoms with Crippen molar-refractivity contribution in [2.75, 3.05) is 39.4 Å². The molecule has 0 unspecified atom stereocenters. The number of carbonyl (C=O) groups excluding carboxylic acids is 1. The van der Waals surface area contributed by atoms with E-state index in [-0.39, 0.29) is 5.91 Å². The van der Waals surface area contributed by atoms with E-state index in [1.54, 1.807) is 6.20 Å². The lowest BCUT2D eigenvalue weighted by Crippen LogP contribution is -2.62. The van der Waals surface area contributed by atoms with Crippen LogP contribution in [0, 0.1) is 0 Å². The summed E-state index contributed by atoms with van der Waals surface area (Å²) in [7, 11) is 0. The van der Waals surface area contributed by atoms with E-state index >= 15 is 0 Å². The molecule has 2 aliphatic rings. The van der Waals surface area contributed by atoms with E-state index in [1.807, 2.05) is 35.2 Å². The molecule has 2 aliphatic heterocycles. The number of hydrogen-bond donors (Lipinski definition) is 0. The van der Waals surface area contributed by atoms with Crippen LogP contribution >= 0.6 is 0 Å². The van der Waals surface area contributed by atoms with Gasteiger partial charge in [0.15, 0.2) is 0 Å². The highest BCUT2D eigenvalue weighted by Crippen LogP contribution is 2.21. The Hall–Kier alpha value is -1.98. The van der Waals surface area contributed by atoms with Crippen molar-refractivity contribution in [1.82, 2.24) is 14.8 Å². The van der Waals surface area contributed by atoms with Crippen molar-refractivity contribution in [1.29, 1.82) is 0 Å². The summed E-state index contributed by atoms with van der Waals surface area (Å²) in [6, 6.07) is 10.1. The molecule has 1 aromatic heterocycles. The van der Waals surface area contributed by atoms with Gasteiger partial charge in [0.25, 0.3) is 5.91 Å². The van der Waals surface area contributed by atoms with Crippen LogP contribution in [0.2, 0.25) is 0 Å². The van der Waals surface area contributed by atoms with Gasteiger partial charge < -0.3 is 9.64 Å². The maximum atomic E-state index is 12.6. The Morgan fingerprint density at radius 3 is 2.82 bits per heavy atom. The Morgan fingerprint density at radius 2 is 2.00 bits per heavy atom. The van der Waals surface area contributed by atoms with Crippen LogP contribution in [-0.4, -0.2) is 66.1 Å². The molecule has 4 rings (SSSR count). The quantitative estimate of drug-likeness (QED) is 0.840. The Morgan fingerprint density at radius 1 is 1.18 bits per heavy atom. The number of pyridine rings is 1. The molecule has 22 heavy (non-hydrogen) atoms. The van der Waals surface area contributed by atoms with Crippen molar-refractivity contribution in [2.24, 2.45) is 0 Å². The molecule has 5 heteroatoms. The SMILES string of the molecule is O=C(c1ccc2ncccc2c1)N1CC(N2CCOCC2)C1. The van der Waals surface area contributed by atoms with Crippen LogP contribution in [0.25, 0.3) is 10.9 Å². The smallest absolute Gasteiger partial charge is 0.253 e. The summed E-state index contributed by atoms with van der Waals surface area (Å²) < 4.78 is 5.37. The van der Waals surface area contributed by atoms with Gasteiger partial charge in [0.2, 0.25) is 0 Å². The second-order valence-electron chi connectivity index (χ2n) is 5.92. The first-order valence-corrected chi connectivity index (χ1v) is 7.77. The van der Waals surface area contributed by atoms with Crippen LogP contribution in [0.4, 0.5) is 0 Å². The zero-order chi connectivity index (χ0) is 14.9. The van der Waals surface area contributed by atoms with Crippen LogP contribution in [0.5, 0.6) is 0 Å². The van der Waals surface area contributed by atoms with Gasteiger partial charge in [-0.05, 0) is 24.3 Å². The second kappa shape index (κ2) is 5.66. The summed E-state index contributed by atoms with van der Waals surface area (Å²) in [6.45, 7) is 5.22. The van der Waals surface area contributed by atoms with Crippen LogP contribution < -0.4 is 0 Å². The molecule has 0 N–H and O–H groups in total. The summed E-state index contributed by atoms with van der Waals surface area (Å²) in [4.78, 5) is 21.2. The van der Waals surface area contributed by atoms with E-state index in [9.17, 15) is 4.79 Å². The van der Waals surface area contributed by atoms with Crippen molar-refractivity contribution in [3.63, 3.8) is 0 Å². The van der Waals surface area contributed by atoms with Gasteiger partial charge in [-0.2, -0.15) is 0 Å². The summed E-state index contributed by atoms with van der Waals surface area (Å²) >= 11 is 0. The van der Waals surface area contributed by atoms with Crippen molar-refractivity contribution in [2.45, 2.75) is 6.04 Å². The van der Waals surface area contributed by atoms with Crippen molar-refractivity contribution in [3.8, 4) is 0 Å². The zero-order valence-corrected chi connectivity index (χ0v) is 12.4. The number of carbonyl (C=O) groups is 1. The third kappa shape index (κ3) is 2.46. The molecular weight excluding hydrogens is 278 g/mol. The van der Waals surface area contributed by atoms with Crippen molar-refractivity contribution in [3.05, 3.63) is 42.1 Å². The van der Waals surface area contributed by atoms with Gasteiger partial charge in [-0.1, -0.05) is 6.07 Å². The Labute approximate surface area is 129 Å². The first-order chi connectivity index (χ1) is 10.8. The van der Waals surface area contributed by atoms with E-state index in [2.05, 4.69) is 9.88 Å². The van der Waals surface area contributed by atoms with Crippen LogP contribution in [0.1, 0.15) is 10.4 Å². The molecule has 0 saturated carbocycles. The summed E-state index contributed by atoms with van der Waals surface area (Å²) in [5.41, 5.74) is 1.68. The molecule has 2 saturated heterocycles. The number of rotatable bonds is 2. The maximum Gasteiger partial charge on any atom is 0.253 e. The van der Waals surface area contributed by atoms with E-state index in [0.29, 0.717) is 6.04 Å². The zero-order valence-electron chi connectivity index (χ0n) is 12.4. The van der Waals surface area contributed by atoms with Gasteiger partial charge in [-0.3, -0.25) is 14.7 Å². The van der Waals surface area contributed by atoms with Crippen LogP contribution in [0.15, 0.2) is 36.5 Å². The normalized spacial score (nSPS) is 20.1. The van der Waals surface area contributed by atoms with E-state index in [4.69, 9.17) is 4.74 Å². The number of nitrogens with zero attached hydrogens (tertiary/aromatic N) is 3. The molecule has 3 heterocycles. The van der Waals surface area contributed by atoms with Crippen molar-refractivity contribution < 1.29 is 9.53 Å². The monoisotopic (exact) mass is 297 g/mol. The minimum Gasteiger partial charge on any atom is -0.379 e. The number of benzene rings is 1. The first-order valence-electron chi connectivity index (χ1n) is 7.77. The highest BCUT2D eigenvalue weighted by Gasteiger charge is 2.35. The molecule has 114 valence electrons. The third-order valence-electron chi connectivity index (χ3n) is 4.56. The molecule has 1 aromatic carbocycles. The molecule has 0 atom stereocenters. The highest BCUT2D eigenvalue weighted by molar-refractivity contribution is 5.98. The van der Waals surface area contributed by atoms with Crippen LogP contribution in [0.3, 0.4) is 0 Å². The predicted molar refractivity (Wildman–Crippen MR) is 83.8 cm³/mol. The second-order valence-corrected chi connectivity index (χ2v) is 5.92. The standard InChI is InChI=1S/C17H19N3O2/c21-17(14-3-4-16-13(10-14)2-1-5-18-16)20-11-15(12-20)19-6-8-22-9-7-19/h1-5,10,15H,6-9,11-12H2. The van der Waals surface area contributed by atoms with Crippen molar-refractivity contribution >= 4 is 16.8 Å². The molecule has 0 radical (unpaired) electrons. The summed E-state index contributed by atoms with van der Waals surface area (Å²) in [5.74, 6) is 0.121. The number of morpholine rings is 1. The number of aromatic nitrogens is 1. The summed E-state index contributed by atoms with van der Waals surface area (Å²) in [5, 5.41) is 1.01. The number of ether oxygens (including phenoxy) is 1. The predicted octanol–water partition coefficient (Wildman–Crippen LogP) is 1.39. The molecule has 2 fully saturated rings. The molecule has 0 aliphatic carbocycles. The third-order valence-corrected chi connectivity index (χ3v) is 4.56. The lowest BCUT2D eigenvalue weighted by molar-refractivity contribution is -0.0256. The number of hydrogen-bond acceptors (Lipinski definition) is 4. The fourth-order valence-corrected chi connectivity index (χ4v) is 3.19. The minimum absolute atomic E-state index is 0.121. The number of amides is 1. The number of likely N-dealkylation sites (tertiary alicyclic amines) is 1. The molecule has 0 spiro atoms. The Balaban J connectivity index is 1.43. The lowest BCUT2D eigenvalue weighted by atomic mass is 10.0. The molecule has 5 nitrogen and oxygen atoms in total. The van der Waals surface area contributed by atoms with E-state index < -0.39 is 0 Å². The average molecular weight is 297 g/mol. The van der Waals surface area contributed by atoms with Gasteiger partial charge in [-0.25, -0.2) is 0 Å². The topological polar surface area (TPSA) is 45.7 Å². The maximum absolute atomic E-state index is 12.6.